The van der Waals surface area contributed by atoms with Gasteiger partial charge in [0.15, 0.2) is 0 Å². The fourth-order valence-corrected chi connectivity index (χ4v) is 3.97. The third-order valence-electron chi connectivity index (χ3n) is 6.29. The number of rotatable bonds is 5. The Morgan fingerprint density at radius 2 is 1.73 bits per heavy atom. The number of carbonyl (C=O) groups excluding carboxylic acids is 1. The standard InChI is InChI=1S/C23H26N2O/c1-6-18-11-13-19(14-12-18)25(16-26)24-15-23(5)17(2)20-9-7-8-10-21(20)22(23,3)4/h6-17H,1H2,2-5H3/b24-15+. The molecule has 1 amide bonds. The minimum absolute atomic E-state index is 0.0756. The van der Waals surface area contributed by atoms with E-state index in [9.17, 15) is 4.79 Å². The van der Waals surface area contributed by atoms with Crippen LogP contribution in [0.3, 0.4) is 0 Å². The molecule has 2 aromatic carbocycles. The maximum atomic E-state index is 11.6. The number of amides is 1. The Labute approximate surface area is 156 Å². The normalized spacial score (nSPS) is 23.6. The van der Waals surface area contributed by atoms with Crippen LogP contribution in [-0.2, 0) is 10.2 Å². The van der Waals surface area contributed by atoms with E-state index in [0.717, 1.165) is 17.7 Å². The molecule has 1 aliphatic rings. The van der Waals surface area contributed by atoms with E-state index in [1.54, 1.807) is 6.08 Å². The lowest BCUT2D eigenvalue weighted by molar-refractivity contribution is -0.107. The molecule has 3 nitrogen and oxygen atoms in total. The molecular weight excluding hydrogens is 320 g/mol. The molecule has 1 aliphatic carbocycles. The number of hydrogen-bond donors (Lipinski definition) is 0. The van der Waals surface area contributed by atoms with Crippen LogP contribution < -0.4 is 5.01 Å². The molecule has 2 unspecified atom stereocenters. The predicted octanol–water partition coefficient (Wildman–Crippen LogP) is 5.38. The van der Waals surface area contributed by atoms with Crippen LogP contribution in [0, 0.1) is 5.41 Å². The number of fused-ring (bicyclic) bond motifs is 1. The molecule has 2 aromatic rings. The quantitative estimate of drug-likeness (QED) is 0.406. The summed E-state index contributed by atoms with van der Waals surface area (Å²) in [4.78, 5) is 11.6. The van der Waals surface area contributed by atoms with Crippen molar-refractivity contribution in [1.82, 2.24) is 0 Å². The molecule has 3 rings (SSSR count). The van der Waals surface area contributed by atoms with Crippen molar-refractivity contribution in [3.05, 3.63) is 71.8 Å². The second-order valence-electron chi connectivity index (χ2n) is 7.71. The van der Waals surface area contributed by atoms with Crippen molar-refractivity contribution in [3.63, 3.8) is 0 Å². The van der Waals surface area contributed by atoms with Crippen LogP contribution in [0.15, 0.2) is 60.2 Å². The van der Waals surface area contributed by atoms with E-state index in [4.69, 9.17) is 0 Å². The Hall–Kier alpha value is -2.68. The summed E-state index contributed by atoms with van der Waals surface area (Å²) in [5.74, 6) is 0.314. The fourth-order valence-electron chi connectivity index (χ4n) is 3.97. The molecule has 0 radical (unpaired) electrons. The van der Waals surface area contributed by atoms with Gasteiger partial charge in [-0.15, -0.1) is 0 Å². The number of carbonyl (C=O) groups is 1. The van der Waals surface area contributed by atoms with Crippen molar-refractivity contribution in [2.24, 2.45) is 10.5 Å². The molecule has 134 valence electrons. The first-order chi connectivity index (χ1) is 12.3. The highest BCUT2D eigenvalue weighted by Crippen LogP contribution is 2.57. The van der Waals surface area contributed by atoms with E-state index in [1.807, 2.05) is 30.5 Å². The van der Waals surface area contributed by atoms with Crippen molar-refractivity contribution < 1.29 is 4.79 Å². The van der Waals surface area contributed by atoms with Crippen LogP contribution in [0.5, 0.6) is 0 Å². The van der Waals surface area contributed by atoms with E-state index in [-0.39, 0.29) is 10.8 Å². The lowest BCUT2D eigenvalue weighted by Gasteiger charge is -2.39. The van der Waals surface area contributed by atoms with Crippen molar-refractivity contribution >= 4 is 24.4 Å². The smallest absolute Gasteiger partial charge is 0.234 e. The molecule has 0 spiro atoms. The zero-order valence-corrected chi connectivity index (χ0v) is 15.9. The van der Waals surface area contributed by atoms with E-state index in [1.165, 1.54) is 16.1 Å². The average molecular weight is 346 g/mol. The minimum atomic E-state index is -0.195. The van der Waals surface area contributed by atoms with Crippen molar-refractivity contribution in [2.45, 2.75) is 39.0 Å². The molecule has 2 atom stereocenters. The summed E-state index contributed by atoms with van der Waals surface area (Å²) in [5.41, 5.74) is 4.20. The van der Waals surface area contributed by atoms with Crippen LogP contribution in [0.2, 0.25) is 0 Å². The lowest BCUT2D eigenvalue weighted by atomic mass is 9.65. The molecule has 0 fully saturated rings. The number of nitrogens with zero attached hydrogens (tertiary/aromatic N) is 2. The predicted molar refractivity (Wildman–Crippen MR) is 110 cm³/mol. The number of hydrogen-bond acceptors (Lipinski definition) is 2. The third kappa shape index (κ3) is 2.68. The number of benzene rings is 2. The van der Waals surface area contributed by atoms with Gasteiger partial charge in [0, 0.05) is 17.0 Å². The summed E-state index contributed by atoms with van der Waals surface area (Å²) >= 11 is 0. The monoisotopic (exact) mass is 346 g/mol. The van der Waals surface area contributed by atoms with Crippen LogP contribution >= 0.6 is 0 Å². The van der Waals surface area contributed by atoms with E-state index in [0.29, 0.717) is 5.92 Å². The van der Waals surface area contributed by atoms with Gasteiger partial charge in [0.1, 0.15) is 0 Å². The molecule has 0 aromatic heterocycles. The first-order valence-corrected chi connectivity index (χ1v) is 8.96. The molecule has 0 N–H and O–H groups in total. The summed E-state index contributed by atoms with van der Waals surface area (Å²) in [6.07, 6.45) is 4.48. The second kappa shape index (κ2) is 6.56. The molecular formula is C23H26N2O. The SMILES string of the molecule is C=Cc1ccc(N(C=O)/N=C/C2(C)C(C)c3ccccc3C2(C)C)cc1. The van der Waals surface area contributed by atoms with Gasteiger partial charge in [0.25, 0.3) is 0 Å². The largest absolute Gasteiger partial charge is 0.276 e. The summed E-state index contributed by atoms with van der Waals surface area (Å²) in [6.45, 7) is 12.7. The molecule has 0 saturated heterocycles. The van der Waals surface area contributed by atoms with E-state index in [2.05, 4.69) is 63.6 Å². The molecule has 3 heteroatoms. The lowest BCUT2D eigenvalue weighted by Crippen LogP contribution is -2.39. The molecule has 0 heterocycles. The van der Waals surface area contributed by atoms with Crippen molar-refractivity contribution in [3.8, 4) is 0 Å². The fraction of sp³-hybridized carbons (Fsp3) is 0.304. The molecule has 0 saturated carbocycles. The number of anilines is 1. The van der Waals surface area contributed by atoms with Gasteiger partial charge in [0.05, 0.1) is 5.69 Å². The van der Waals surface area contributed by atoms with Gasteiger partial charge in [-0.3, -0.25) is 4.79 Å². The van der Waals surface area contributed by atoms with Crippen molar-refractivity contribution in [2.75, 3.05) is 5.01 Å². The zero-order valence-electron chi connectivity index (χ0n) is 15.9. The van der Waals surface area contributed by atoms with Crippen LogP contribution in [-0.4, -0.2) is 12.6 Å². The van der Waals surface area contributed by atoms with Gasteiger partial charge in [-0.2, -0.15) is 5.10 Å². The highest BCUT2D eigenvalue weighted by atomic mass is 16.1. The zero-order chi connectivity index (χ0) is 18.9. The summed E-state index contributed by atoms with van der Waals surface area (Å²) in [5, 5.41) is 5.96. The first-order valence-electron chi connectivity index (χ1n) is 8.96. The maximum absolute atomic E-state index is 11.6. The second-order valence-corrected chi connectivity index (χ2v) is 7.71. The van der Waals surface area contributed by atoms with E-state index >= 15 is 0 Å². The Bertz CT molecular complexity index is 851. The highest BCUT2D eigenvalue weighted by molar-refractivity contribution is 5.81. The minimum Gasteiger partial charge on any atom is -0.276 e. The Balaban J connectivity index is 1.95. The summed E-state index contributed by atoms with van der Waals surface area (Å²) in [7, 11) is 0. The average Bonchev–Trinajstić information content (AvgIpc) is 2.81. The van der Waals surface area contributed by atoms with Gasteiger partial charge in [-0.1, -0.05) is 76.7 Å². The van der Waals surface area contributed by atoms with Crippen LogP contribution in [0.1, 0.15) is 50.3 Å². The van der Waals surface area contributed by atoms with Gasteiger partial charge in [-0.05, 0) is 34.7 Å². The van der Waals surface area contributed by atoms with Crippen LogP contribution in [0.25, 0.3) is 6.08 Å². The topological polar surface area (TPSA) is 32.7 Å². The first kappa shape index (κ1) is 18.1. The summed E-state index contributed by atoms with van der Waals surface area (Å²) < 4.78 is 0. The van der Waals surface area contributed by atoms with Gasteiger partial charge < -0.3 is 0 Å². The summed E-state index contributed by atoms with van der Waals surface area (Å²) in [6, 6.07) is 16.2. The Morgan fingerprint density at radius 1 is 1.08 bits per heavy atom. The molecule has 26 heavy (non-hydrogen) atoms. The Morgan fingerprint density at radius 3 is 2.31 bits per heavy atom. The van der Waals surface area contributed by atoms with Gasteiger partial charge in [0.2, 0.25) is 6.41 Å². The van der Waals surface area contributed by atoms with Gasteiger partial charge in [-0.25, -0.2) is 5.01 Å². The Kier molecular flexibility index (Phi) is 4.57. The molecule has 0 aliphatic heterocycles. The van der Waals surface area contributed by atoms with E-state index < -0.39 is 0 Å². The third-order valence-corrected chi connectivity index (χ3v) is 6.29. The van der Waals surface area contributed by atoms with Gasteiger partial charge >= 0.3 is 0 Å². The number of hydrazone groups is 1. The maximum Gasteiger partial charge on any atom is 0.234 e. The molecule has 0 bridgehead atoms. The van der Waals surface area contributed by atoms with Crippen molar-refractivity contribution in [1.29, 1.82) is 0 Å². The highest BCUT2D eigenvalue weighted by Gasteiger charge is 2.52. The van der Waals surface area contributed by atoms with Crippen LogP contribution in [0.4, 0.5) is 5.69 Å².